The molecule has 0 aromatic rings. The second-order valence-corrected chi connectivity index (χ2v) is 18.7. The van der Waals surface area contributed by atoms with Crippen LogP contribution in [-0.4, -0.2) is 45.5 Å². The number of esters is 1. The highest BCUT2D eigenvalue weighted by atomic mass is 28.4. The number of carbonyl (C=O) groups is 1. The van der Waals surface area contributed by atoms with Crippen LogP contribution in [0.25, 0.3) is 0 Å². The van der Waals surface area contributed by atoms with Crippen LogP contribution in [0, 0.1) is 11.8 Å². The van der Waals surface area contributed by atoms with Crippen LogP contribution >= 0.6 is 0 Å². The minimum atomic E-state index is -1.87. The molecular weight excluding hydrogens is 504 g/mol. The third-order valence-corrected chi connectivity index (χ3v) is 14.3. The zero-order chi connectivity index (χ0) is 28.3. The van der Waals surface area contributed by atoms with Gasteiger partial charge in [-0.05, 0) is 81.8 Å². The third kappa shape index (κ3) is 10.6. The molecule has 0 amide bonds. The third-order valence-electron chi connectivity index (χ3n) is 9.76. The summed E-state index contributed by atoms with van der Waals surface area (Å²) in [6.07, 6.45) is 21.8. The molecule has 0 aromatic heterocycles. The van der Waals surface area contributed by atoms with Crippen molar-refractivity contribution >= 4 is 14.3 Å². The van der Waals surface area contributed by atoms with Gasteiger partial charge in [-0.3, -0.25) is 4.79 Å². The second kappa shape index (κ2) is 16.1. The average Bonchev–Trinajstić information content (AvgIpc) is 3.19. The molecule has 5 nitrogen and oxygen atoms in total. The van der Waals surface area contributed by atoms with E-state index in [1.807, 2.05) is 0 Å². The van der Waals surface area contributed by atoms with Crippen molar-refractivity contribution in [3.8, 4) is 0 Å². The molecule has 0 spiro atoms. The van der Waals surface area contributed by atoms with Crippen LogP contribution in [0.3, 0.4) is 0 Å². The molecular formula is C33H60O5Si. The van der Waals surface area contributed by atoms with Crippen LogP contribution in [0.15, 0.2) is 12.2 Å². The van der Waals surface area contributed by atoms with E-state index in [4.69, 9.17) is 18.6 Å². The van der Waals surface area contributed by atoms with Gasteiger partial charge in [-0.1, -0.05) is 72.0 Å². The Morgan fingerprint density at radius 2 is 1.85 bits per heavy atom. The van der Waals surface area contributed by atoms with Gasteiger partial charge in [0, 0.05) is 31.5 Å². The second-order valence-electron chi connectivity index (χ2n) is 13.9. The van der Waals surface area contributed by atoms with Gasteiger partial charge in [-0.25, -0.2) is 0 Å². The largest absolute Gasteiger partial charge is 0.462 e. The van der Waals surface area contributed by atoms with Crippen molar-refractivity contribution in [3.05, 3.63) is 12.2 Å². The molecule has 2 heterocycles. The topological polar surface area (TPSA) is 54.0 Å². The van der Waals surface area contributed by atoms with E-state index in [-0.39, 0.29) is 35.6 Å². The Morgan fingerprint density at radius 3 is 2.56 bits per heavy atom. The first-order valence-electron chi connectivity index (χ1n) is 16.4. The van der Waals surface area contributed by atoms with Crippen molar-refractivity contribution in [1.29, 1.82) is 0 Å². The van der Waals surface area contributed by atoms with Gasteiger partial charge in [0.25, 0.3) is 0 Å². The molecule has 1 saturated heterocycles. The molecule has 1 aliphatic carbocycles. The first-order valence-corrected chi connectivity index (χ1v) is 19.3. The van der Waals surface area contributed by atoms with Gasteiger partial charge in [-0.2, -0.15) is 0 Å². The molecule has 3 aliphatic rings. The summed E-state index contributed by atoms with van der Waals surface area (Å²) >= 11 is 0. The Morgan fingerprint density at radius 1 is 1.05 bits per heavy atom. The van der Waals surface area contributed by atoms with E-state index >= 15 is 0 Å². The van der Waals surface area contributed by atoms with Gasteiger partial charge in [-0.15, -0.1) is 0 Å². The SMILES string of the molecule is CCCCCCCC(CC[C@@H]1[C@H]2C/C=C\CCCC(=O)O[C@H]2C[C@H]1OC1CCCCO1)O[Si](C)(C)C(C)(C)C. The fourth-order valence-electron chi connectivity index (χ4n) is 6.33. The Bertz CT molecular complexity index is 739. The standard InChI is InChI=1S/C33H60O5Si/c1-7-8-9-10-13-18-26(38-39(5,6)33(2,3)4)22-23-28-27-19-14-11-12-15-20-31(34)36-29(27)25-30(28)37-32-21-16-17-24-35-32/h11,14,26-30,32H,7-10,12-13,15-25H2,1-6H3/b14-11-/t26?,27-,28-,29+,30-,32?/m1/s1. The smallest absolute Gasteiger partial charge is 0.306 e. The number of hydrogen-bond acceptors (Lipinski definition) is 5. The highest BCUT2D eigenvalue weighted by molar-refractivity contribution is 6.74. The molecule has 0 N–H and O–H groups in total. The number of rotatable bonds is 13. The summed E-state index contributed by atoms with van der Waals surface area (Å²) in [7, 11) is -1.87. The molecule has 3 rings (SSSR count). The van der Waals surface area contributed by atoms with Crippen molar-refractivity contribution in [3.63, 3.8) is 0 Å². The van der Waals surface area contributed by atoms with E-state index < -0.39 is 8.32 Å². The lowest BCUT2D eigenvalue weighted by Crippen LogP contribution is -2.44. The van der Waals surface area contributed by atoms with E-state index in [1.165, 1.54) is 32.1 Å². The molecule has 0 radical (unpaired) electrons. The lowest BCUT2D eigenvalue weighted by Gasteiger charge is -2.40. The van der Waals surface area contributed by atoms with E-state index in [2.05, 4.69) is 52.9 Å². The first kappa shape index (κ1) is 32.8. The van der Waals surface area contributed by atoms with Crippen LogP contribution in [0.5, 0.6) is 0 Å². The van der Waals surface area contributed by atoms with Gasteiger partial charge in [0.05, 0.1) is 6.10 Å². The molecule has 2 aliphatic heterocycles. The maximum Gasteiger partial charge on any atom is 0.306 e. The van der Waals surface area contributed by atoms with Gasteiger partial charge >= 0.3 is 5.97 Å². The number of ether oxygens (including phenoxy) is 3. The number of carbonyl (C=O) groups excluding carboxylic acids is 1. The van der Waals surface area contributed by atoms with Crippen LogP contribution in [0.1, 0.15) is 130 Å². The zero-order valence-electron chi connectivity index (χ0n) is 26.2. The summed E-state index contributed by atoms with van der Waals surface area (Å²) in [4.78, 5) is 12.6. The summed E-state index contributed by atoms with van der Waals surface area (Å²) in [5.74, 6) is 0.609. The molecule has 1 saturated carbocycles. The Balaban J connectivity index is 1.74. The van der Waals surface area contributed by atoms with Crippen LogP contribution in [0.4, 0.5) is 0 Å². The minimum absolute atomic E-state index is 0.0418. The van der Waals surface area contributed by atoms with Crippen molar-refractivity contribution in [2.45, 2.75) is 173 Å². The summed E-state index contributed by atoms with van der Waals surface area (Å²) in [6, 6.07) is 0. The van der Waals surface area contributed by atoms with Crippen LogP contribution in [0.2, 0.25) is 18.1 Å². The van der Waals surface area contributed by atoms with E-state index in [0.29, 0.717) is 18.3 Å². The lowest BCUT2D eigenvalue weighted by molar-refractivity contribution is -0.196. The van der Waals surface area contributed by atoms with E-state index in [1.54, 1.807) is 0 Å². The van der Waals surface area contributed by atoms with Crippen molar-refractivity contribution in [1.82, 2.24) is 0 Å². The maximum absolute atomic E-state index is 12.6. The maximum atomic E-state index is 12.6. The minimum Gasteiger partial charge on any atom is -0.462 e. The number of unbranched alkanes of at least 4 members (excludes halogenated alkanes) is 4. The monoisotopic (exact) mass is 564 g/mol. The highest BCUT2D eigenvalue weighted by Crippen LogP contribution is 2.44. The zero-order valence-corrected chi connectivity index (χ0v) is 27.2. The first-order chi connectivity index (χ1) is 18.6. The number of fused-ring (bicyclic) bond motifs is 1. The molecule has 6 atom stereocenters. The average molecular weight is 565 g/mol. The Hall–Kier alpha value is -0.693. The van der Waals surface area contributed by atoms with E-state index in [0.717, 1.165) is 70.8 Å². The van der Waals surface area contributed by atoms with Gasteiger partial charge in [0.2, 0.25) is 0 Å². The molecule has 39 heavy (non-hydrogen) atoms. The fraction of sp³-hybridized carbons (Fsp3) is 0.909. The van der Waals surface area contributed by atoms with Crippen molar-refractivity contribution in [2.24, 2.45) is 11.8 Å². The molecule has 226 valence electrons. The van der Waals surface area contributed by atoms with Gasteiger partial charge < -0.3 is 18.6 Å². The summed E-state index contributed by atoms with van der Waals surface area (Å²) in [6.45, 7) is 14.9. The van der Waals surface area contributed by atoms with Crippen molar-refractivity contribution < 1.29 is 23.4 Å². The lowest BCUT2D eigenvalue weighted by atomic mass is 9.85. The molecule has 6 heteroatoms. The van der Waals surface area contributed by atoms with Crippen molar-refractivity contribution in [2.75, 3.05) is 6.61 Å². The molecule has 2 unspecified atom stereocenters. The van der Waals surface area contributed by atoms with Crippen LogP contribution < -0.4 is 0 Å². The predicted octanol–water partition coefficient (Wildman–Crippen LogP) is 9.11. The molecule has 2 fully saturated rings. The van der Waals surface area contributed by atoms with Crippen LogP contribution in [-0.2, 0) is 23.4 Å². The van der Waals surface area contributed by atoms with Gasteiger partial charge in [0.15, 0.2) is 14.6 Å². The number of allylic oxidation sites excluding steroid dienone is 2. The molecule has 0 aromatic carbocycles. The summed E-state index contributed by atoms with van der Waals surface area (Å²) in [5.41, 5.74) is 0. The predicted molar refractivity (Wildman–Crippen MR) is 162 cm³/mol. The van der Waals surface area contributed by atoms with Gasteiger partial charge in [0.1, 0.15) is 6.10 Å². The summed E-state index contributed by atoms with van der Waals surface area (Å²) < 4.78 is 25.9. The number of hydrogen-bond donors (Lipinski definition) is 0. The quantitative estimate of drug-likeness (QED) is 0.0966. The highest BCUT2D eigenvalue weighted by Gasteiger charge is 2.47. The normalized spacial score (nSPS) is 30.4. The Kier molecular flexibility index (Phi) is 13.5. The Labute approximate surface area is 241 Å². The van der Waals surface area contributed by atoms with E-state index in [9.17, 15) is 4.79 Å². The fourth-order valence-corrected chi connectivity index (χ4v) is 7.76. The summed E-state index contributed by atoms with van der Waals surface area (Å²) in [5, 5.41) is 0.200. The molecule has 0 bridgehead atoms.